The summed E-state index contributed by atoms with van der Waals surface area (Å²) in [6.45, 7) is 0.156. The van der Waals surface area contributed by atoms with Crippen molar-refractivity contribution in [3.63, 3.8) is 0 Å². The number of hydrogen-bond donors (Lipinski definition) is 1. The molecule has 4 aromatic rings. The van der Waals surface area contributed by atoms with Gasteiger partial charge in [0.05, 0.1) is 0 Å². The predicted molar refractivity (Wildman–Crippen MR) is 113 cm³/mol. The smallest absolute Gasteiger partial charge is 0.248 e. The van der Waals surface area contributed by atoms with Crippen molar-refractivity contribution >= 4 is 11.6 Å². The summed E-state index contributed by atoms with van der Waals surface area (Å²) in [5, 5.41) is 15.0. The van der Waals surface area contributed by atoms with E-state index in [1.54, 1.807) is 0 Å². The van der Waals surface area contributed by atoms with Crippen LogP contribution in [0.4, 0.5) is 5.69 Å². The molecule has 0 radical (unpaired) electrons. The molecule has 0 aliphatic rings. The van der Waals surface area contributed by atoms with Crippen LogP contribution in [0.3, 0.4) is 0 Å². The molecule has 0 saturated heterocycles. The summed E-state index contributed by atoms with van der Waals surface area (Å²) in [7, 11) is 0. The van der Waals surface area contributed by atoms with E-state index in [0.717, 1.165) is 23.4 Å². The van der Waals surface area contributed by atoms with Crippen LogP contribution in [0.15, 0.2) is 84.9 Å². The maximum atomic E-state index is 12.5. The molecule has 30 heavy (non-hydrogen) atoms. The summed E-state index contributed by atoms with van der Waals surface area (Å²) in [6.07, 6.45) is 0.736. The Morgan fingerprint density at radius 2 is 1.60 bits per heavy atom. The van der Waals surface area contributed by atoms with Crippen LogP contribution in [-0.4, -0.2) is 26.1 Å². The second-order valence-electron chi connectivity index (χ2n) is 6.71. The van der Waals surface area contributed by atoms with E-state index >= 15 is 0 Å². The third kappa shape index (κ3) is 5.29. The molecule has 1 heterocycles. The summed E-state index contributed by atoms with van der Waals surface area (Å²) in [5.74, 6) is 0.918. The molecule has 0 atom stereocenters. The van der Waals surface area contributed by atoms with E-state index in [1.807, 2.05) is 72.8 Å². The van der Waals surface area contributed by atoms with Gasteiger partial charge in [0, 0.05) is 5.69 Å². The molecule has 0 aliphatic heterocycles. The number of nitrogens with one attached hydrogen (secondary N) is 1. The van der Waals surface area contributed by atoms with Crippen LogP contribution in [0.2, 0.25) is 0 Å². The SMILES string of the molecule is O=C(Cn1nnc(COc2ccccc2)n1)Nc1ccccc1Cc1ccccc1. The molecule has 3 aromatic carbocycles. The van der Waals surface area contributed by atoms with Crippen molar-refractivity contribution in [2.24, 2.45) is 0 Å². The van der Waals surface area contributed by atoms with Crippen LogP contribution in [0.1, 0.15) is 17.0 Å². The Morgan fingerprint density at radius 3 is 2.40 bits per heavy atom. The maximum absolute atomic E-state index is 12.5. The Balaban J connectivity index is 1.35. The fourth-order valence-electron chi connectivity index (χ4n) is 3.00. The lowest BCUT2D eigenvalue weighted by Gasteiger charge is -2.11. The highest BCUT2D eigenvalue weighted by atomic mass is 16.5. The molecule has 7 nitrogen and oxygen atoms in total. The van der Waals surface area contributed by atoms with Gasteiger partial charge < -0.3 is 10.1 Å². The minimum Gasteiger partial charge on any atom is -0.485 e. The molecule has 0 spiro atoms. The molecular formula is C23H21N5O2. The second kappa shape index (κ2) is 9.47. The number of tetrazole rings is 1. The van der Waals surface area contributed by atoms with Crippen molar-refractivity contribution in [2.45, 2.75) is 19.6 Å². The van der Waals surface area contributed by atoms with Gasteiger partial charge in [-0.3, -0.25) is 4.79 Å². The van der Waals surface area contributed by atoms with Crippen LogP contribution in [-0.2, 0) is 24.4 Å². The largest absolute Gasteiger partial charge is 0.485 e. The molecular weight excluding hydrogens is 378 g/mol. The summed E-state index contributed by atoms with van der Waals surface area (Å²) < 4.78 is 5.60. The highest BCUT2D eigenvalue weighted by Gasteiger charge is 2.11. The Bertz CT molecular complexity index is 1100. The summed E-state index contributed by atoms with van der Waals surface area (Å²) in [6, 6.07) is 27.3. The van der Waals surface area contributed by atoms with Gasteiger partial charge in [0.2, 0.25) is 11.7 Å². The third-order valence-corrected chi connectivity index (χ3v) is 4.42. The molecule has 150 valence electrons. The normalized spacial score (nSPS) is 10.5. The van der Waals surface area contributed by atoms with Crippen molar-refractivity contribution in [3.05, 3.63) is 102 Å². The van der Waals surface area contributed by atoms with Crippen LogP contribution in [0.5, 0.6) is 5.75 Å². The number of carbonyl (C=O) groups is 1. The monoisotopic (exact) mass is 399 g/mol. The summed E-state index contributed by atoms with van der Waals surface area (Å²) in [4.78, 5) is 13.8. The van der Waals surface area contributed by atoms with E-state index in [0.29, 0.717) is 5.82 Å². The highest BCUT2D eigenvalue weighted by molar-refractivity contribution is 5.91. The Labute approximate surface area is 174 Å². The molecule has 0 fully saturated rings. The van der Waals surface area contributed by atoms with E-state index < -0.39 is 0 Å². The zero-order valence-electron chi connectivity index (χ0n) is 16.3. The lowest BCUT2D eigenvalue weighted by Crippen LogP contribution is -2.21. The zero-order valence-corrected chi connectivity index (χ0v) is 16.3. The molecule has 7 heteroatoms. The van der Waals surface area contributed by atoms with Crippen molar-refractivity contribution < 1.29 is 9.53 Å². The standard InChI is InChI=1S/C23H21N5O2/c29-23(16-28-26-22(25-27-28)17-30-20-12-5-2-6-13-20)24-21-14-8-7-11-19(21)15-18-9-3-1-4-10-18/h1-14H,15-17H2,(H,24,29). The number of hydrogen-bond acceptors (Lipinski definition) is 5. The number of para-hydroxylation sites is 2. The molecule has 0 aliphatic carbocycles. The summed E-state index contributed by atoms with van der Waals surface area (Å²) in [5.41, 5.74) is 3.00. The Hall–Kier alpha value is -4.00. The van der Waals surface area contributed by atoms with E-state index in [2.05, 4.69) is 32.9 Å². The lowest BCUT2D eigenvalue weighted by molar-refractivity contribution is -0.117. The molecule has 4 rings (SSSR count). The van der Waals surface area contributed by atoms with E-state index in [1.165, 1.54) is 10.4 Å². The average molecular weight is 399 g/mol. The number of amides is 1. The van der Waals surface area contributed by atoms with Gasteiger partial charge in [-0.15, -0.1) is 10.2 Å². The third-order valence-electron chi connectivity index (χ3n) is 4.42. The van der Waals surface area contributed by atoms with E-state index in [9.17, 15) is 4.79 Å². The first-order chi connectivity index (χ1) is 14.8. The van der Waals surface area contributed by atoms with E-state index in [4.69, 9.17) is 4.74 Å². The van der Waals surface area contributed by atoms with Crippen molar-refractivity contribution in [1.82, 2.24) is 20.2 Å². The number of carbonyl (C=O) groups excluding carboxylic acids is 1. The van der Waals surface area contributed by atoms with Crippen molar-refractivity contribution in [2.75, 3.05) is 5.32 Å². The molecule has 1 N–H and O–H groups in total. The zero-order chi connectivity index (χ0) is 20.6. The number of ether oxygens (including phenoxy) is 1. The van der Waals surface area contributed by atoms with Gasteiger partial charge in [-0.2, -0.15) is 4.80 Å². The van der Waals surface area contributed by atoms with Gasteiger partial charge >= 0.3 is 0 Å². The Morgan fingerprint density at radius 1 is 0.900 bits per heavy atom. The van der Waals surface area contributed by atoms with Gasteiger partial charge in [0.25, 0.3) is 0 Å². The number of benzene rings is 3. The predicted octanol–water partition coefficient (Wildman–Crippen LogP) is 3.48. The molecule has 1 aromatic heterocycles. The topological polar surface area (TPSA) is 81.9 Å². The van der Waals surface area contributed by atoms with E-state index in [-0.39, 0.29) is 19.1 Å². The second-order valence-corrected chi connectivity index (χ2v) is 6.71. The number of anilines is 1. The fourth-order valence-corrected chi connectivity index (χ4v) is 3.00. The highest BCUT2D eigenvalue weighted by Crippen LogP contribution is 2.19. The molecule has 0 saturated carbocycles. The molecule has 0 unspecified atom stereocenters. The van der Waals surface area contributed by atoms with Gasteiger partial charge in [-0.1, -0.05) is 66.7 Å². The quantitative estimate of drug-likeness (QED) is 0.491. The number of aromatic nitrogens is 4. The van der Waals surface area contributed by atoms with Gasteiger partial charge in [-0.25, -0.2) is 0 Å². The van der Waals surface area contributed by atoms with Gasteiger partial charge in [0.1, 0.15) is 12.3 Å². The van der Waals surface area contributed by atoms with Crippen LogP contribution in [0, 0.1) is 0 Å². The number of rotatable bonds is 8. The molecule has 0 bridgehead atoms. The summed E-state index contributed by atoms with van der Waals surface area (Å²) >= 11 is 0. The number of nitrogens with zero attached hydrogens (tertiary/aromatic N) is 4. The van der Waals surface area contributed by atoms with Crippen LogP contribution >= 0.6 is 0 Å². The first-order valence-corrected chi connectivity index (χ1v) is 9.62. The van der Waals surface area contributed by atoms with Crippen molar-refractivity contribution in [1.29, 1.82) is 0 Å². The average Bonchev–Trinajstić information content (AvgIpc) is 3.22. The Kier molecular flexibility index (Phi) is 6.10. The van der Waals surface area contributed by atoms with Crippen molar-refractivity contribution in [3.8, 4) is 5.75 Å². The van der Waals surface area contributed by atoms with Crippen LogP contribution in [0.25, 0.3) is 0 Å². The first kappa shape index (κ1) is 19.3. The van der Waals surface area contributed by atoms with Crippen LogP contribution < -0.4 is 10.1 Å². The van der Waals surface area contributed by atoms with Gasteiger partial charge in [-0.05, 0) is 41.0 Å². The maximum Gasteiger partial charge on any atom is 0.248 e. The minimum atomic E-state index is -0.219. The molecule has 1 amide bonds. The minimum absolute atomic E-state index is 0.0298. The first-order valence-electron chi connectivity index (χ1n) is 9.62. The fraction of sp³-hybridized carbons (Fsp3) is 0.130. The lowest BCUT2D eigenvalue weighted by atomic mass is 10.0. The van der Waals surface area contributed by atoms with Gasteiger partial charge in [0.15, 0.2) is 6.61 Å².